The summed E-state index contributed by atoms with van der Waals surface area (Å²) >= 11 is 0. The van der Waals surface area contributed by atoms with Gasteiger partial charge < -0.3 is 10.1 Å². The van der Waals surface area contributed by atoms with E-state index in [-0.39, 0.29) is 17.7 Å². The quantitative estimate of drug-likeness (QED) is 0.640. The summed E-state index contributed by atoms with van der Waals surface area (Å²) in [4.78, 5) is 25.2. The lowest BCUT2D eigenvalue weighted by atomic mass is 9.94. The number of rotatable bonds is 5. The molecule has 0 fully saturated rings. The van der Waals surface area contributed by atoms with Gasteiger partial charge in [0.25, 0.3) is 5.91 Å². The molecule has 0 bridgehead atoms. The molecular weight excluding hydrogens is 333 g/mol. The van der Waals surface area contributed by atoms with Crippen LogP contribution in [0, 0.1) is 11.7 Å². The minimum Gasteiger partial charge on any atom is -0.447 e. The lowest BCUT2D eigenvalue weighted by Crippen LogP contribution is -2.29. The highest BCUT2D eigenvalue weighted by atomic mass is 19.1. The third-order valence-corrected chi connectivity index (χ3v) is 4.29. The summed E-state index contributed by atoms with van der Waals surface area (Å²) in [6.45, 7) is 0. The van der Waals surface area contributed by atoms with Gasteiger partial charge in [0.2, 0.25) is 6.10 Å². The number of halogens is 1. The molecule has 0 aromatic heterocycles. The molecule has 1 aliphatic rings. The van der Waals surface area contributed by atoms with Crippen LogP contribution in [0.2, 0.25) is 0 Å². The summed E-state index contributed by atoms with van der Waals surface area (Å²) in [5.74, 6) is -1.47. The van der Waals surface area contributed by atoms with Crippen LogP contribution in [0.25, 0.3) is 0 Å². The fraction of sp³-hybridized carbons (Fsp3) is 0.238. The smallest absolute Gasteiger partial charge is 0.310 e. The summed E-state index contributed by atoms with van der Waals surface area (Å²) in [5.41, 5.74) is 1.03. The topological polar surface area (TPSA) is 55.4 Å². The molecule has 2 aromatic carbocycles. The van der Waals surface area contributed by atoms with Crippen molar-refractivity contribution in [1.29, 1.82) is 0 Å². The van der Waals surface area contributed by atoms with E-state index < -0.39 is 12.0 Å². The zero-order chi connectivity index (χ0) is 18.4. The predicted octanol–water partition coefficient (Wildman–Crippen LogP) is 4.41. The Balaban J connectivity index is 1.76. The first-order chi connectivity index (χ1) is 12.6. The molecule has 0 saturated carbocycles. The van der Waals surface area contributed by atoms with Crippen LogP contribution >= 0.6 is 0 Å². The first-order valence-electron chi connectivity index (χ1n) is 8.60. The number of allylic oxidation sites excluding steroid dienone is 2. The standard InChI is InChI=1S/C21H20FNO3/c22-17-11-13-18(14-12-17)23-20(24)19(15-7-3-1-4-8-15)26-21(25)16-9-5-2-6-10-16/h1-5,7-8,11-14,16,19H,6,9-10H2,(H,23,24)/t16-,19+/m0/s1. The van der Waals surface area contributed by atoms with E-state index in [1.165, 1.54) is 24.3 Å². The van der Waals surface area contributed by atoms with Crippen molar-refractivity contribution in [2.75, 3.05) is 5.32 Å². The fourth-order valence-electron chi connectivity index (χ4n) is 2.86. The molecule has 0 heterocycles. The molecule has 0 saturated heterocycles. The molecule has 2 aromatic rings. The number of anilines is 1. The lowest BCUT2D eigenvalue weighted by Gasteiger charge is -2.22. The summed E-state index contributed by atoms with van der Waals surface area (Å²) in [6, 6.07) is 14.3. The Kier molecular flexibility index (Phi) is 5.79. The van der Waals surface area contributed by atoms with Crippen molar-refractivity contribution < 1.29 is 18.7 Å². The van der Waals surface area contributed by atoms with Crippen LogP contribution in [0.15, 0.2) is 66.7 Å². The Morgan fingerprint density at radius 1 is 1.04 bits per heavy atom. The van der Waals surface area contributed by atoms with Gasteiger partial charge >= 0.3 is 5.97 Å². The predicted molar refractivity (Wildman–Crippen MR) is 96.8 cm³/mol. The maximum absolute atomic E-state index is 13.0. The summed E-state index contributed by atoms with van der Waals surface area (Å²) in [5, 5.41) is 2.68. The Hall–Kier alpha value is -2.95. The number of hydrogen-bond acceptors (Lipinski definition) is 3. The van der Waals surface area contributed by atoms with Gasteiger partial charge in [-0.2, -0.15) is 0 Å². The summed E-state index contributed by atoms with van der Waals surface area (Å²) in [7, 11) is 0. The highest BCUT2D eigenvalue weighted by Gasteiger charge is 2.29. The fourth-order valence-corrected chi connectivity index (χ4v) is 2.86. The van der Waals surface area contributed by atoms with E-state index >= 15 is 0 Å². The molecule has 3 rings (SSSR count). The summed E-state index contributed by atoms with van der Waals surface area (Å²) in [6.07, 6.45) is 5.12. The largest absolute Gasteiger partial charge is 0.447 e. The molecular formula is C21H20FNO3. The Labute approximate surface area is 151 Å². The average Bonchev–Trinajstić information content (AvgIpc) is 2.69. The molecule has 0 unspecified atom stereocenters. The first kappa shape index (κ1) is 17.9. The van der Waals surface area contributed by atoms with Crippen molar-refractivity contribution in [2.24, 2.45) is 5.92 Å². The van der Waals surface area contributed by atoms with Crippen molar-refractivity contribution in [3.8, 4) is 0 Å². The zero-order valence-corrected chi connectivity index (χ0v) is 14.2. The molecule has 4 nitrogen and oxygen atoms in total. The SMILES string of the molecule is O=C(O[C@@H](C(=O)Nc1ccc(F)cc1)c1ccccc1)[C@H]1CC=CCC1. The number of hydrogen-bond donors (Lipinski definition) is 1. The molecule has 2 atom stereocenters. The number of carbonyl (C=O) groups excluding carboxylic acids is 2. The average molecular weight is 353 g/mol. The van der Waals surface area contributed by atoms with Gasteiger partial charge in [-0.1, -0.05) is 42.5 Å². The minimum absolute atomic E-state index is 0.232. The van der Waals surface area contributed by atoms with Crippen molar-refractivity contribution >= 4 is 17.6 Å². The minimum atomic E-state index is -1.06. The van der Waals surface area contributed by atoms with E-state index in [1.54, 1.807) is 24.3 Å². The molecule has 0 spiro atoms. The van der Waals surface area contributed by atoms with Gasteiger partial charge in [0, 0.05) is 11.3 Å². The Bertz CT molecular complexity index is 787. The van der Waals surface area contributed by atoms with Gasteiger partial charge in [-0.15, -0.1) is 0 Å². The van der Waals surface area contributed by atoms with Crippen molar-refractivity contribution in [2.45, 2.75) is 25.4 Å². The maximum atomic E-state index is 13.0. The van der Waals surface area contributed by atoms with Crippen LogP contribution in [0.1, 0.15) is 30.9 Å². The van der Waals surface area contributed by atoms with Gasteiger partial charge in [-0.25, -0.2) is 4.39 Å². The third kappa shape index (κ3) is 4.57. The van der Waals surface area contributed by atoms with Crippen LogP contribution in [0.4, 0.5) is 10.1 Å². The first-order valence-corrected chi connectivity index (χ1v) is 8.60. The Morgan fingerprint density at radius 2 is 1.77 bits per heavy atom. The van der Waals surface area contributed by atoms with Crippen molar-refractivity contribution in [1.82, 2.24) is 0 Å². The number of carbonyl (C=O) groups is 2. The monoisotopic (exact) mass is 353 g/mol. The second kappa shape index (κ2) is 8.43. The van der Waals surface area contributed by atoms with Gasteiger partial charge in [-0.3, -0.25) is 9.59 Å². The van der Waals surface area contributed by atoms with Crippen molar-refractivity contribution in [3.05, 3.63) is 78.1 Å². The highest BCUT2D eigenvalue weighted by molar-refractivity contribution is 5.96. The molecule has 5 heteroatoms. The van der Waals surface area contributed by atoms with Crippen LogP contribution in [-0.2, 0) is 14.3 Å². The second-order valence-electron chi connectivity index (χ2n) is 6.21. The van der Waals surface area contributed by atoms with E-state index in [4.69, 9.17) is 4.74 Å². The van der Waals surface area contributed by atoms with Gasteiger partial charge in [-0.05, 0) is 43.5 Å². The van der Waals surface area contributed by atoms with E-state index in [2.05, 4.69) is 5.32 Å². The molecule has 1 amide bonds. The van der Waals surface area contributed by atoms with Crippen LogP contribution < -0.4 is 5.32 Å². The molecule has 1 N–H and O–H groups in total. The third-order valence-electron chi connectivity index (χ3n) is 4.29. The van der Waals surface area contributed by atoms with Gasteiger partial charge in [0.15, 0.2) is 0 Å². The van der Waals surface area contributed by atoms with E-state index in [0.29, 0.717) is 17.7 Å². The number of amides is 1. The van der Waals surface area contributed by atoms with E-state index in [1.807, 2.05) is 18.2 Å². The van der Waals surface area contributed by atoms with E-state index in [9.17, 15) is 14.0 Å². The zero-order valence-electron chi connectivity index (χ0n) is 14.2. The molecule has 0 radical (unpaired) electrons. The van der Waals surface area contributed by atoms with Gasteiger partial charge in [0.1, 0.15) is 5.82 Å². The van der Waals surface area contributed by atoms with Crippen LogP contribution in [0.3, 0.4) is 0 Å². The van der Waals surface area contributed by atoms with Gasteiger partial charge in [0.05, 0.1) is 5.92 Å². The highest BCUT2D eigenvalue weighted by Crippen LogP contribution is 2.25. The summed E-state index contributed by atoms with van der Waals surface area (Å²) < 4.78 is 18.6. The van der Waals surface area contributed by atoms with Crippen LogP contribution in [-0.4, -0.2) is 11.9 Å². The number of benzene rings is 2. The number of ether oxygens (including phenoxy) is 1. The number of esters is 1. The second-order valence-corrected chi connectivity index (χ2v) is 6.21. The Morgan fingerprint density at radius 3 is 2.42 bits per heavy atom. The molecule has 0 aliphatic heterocycles. The normalized spacial score (nSPS) is 17.3. The lowest BCUT2D eigenvalue weighted by molar-refractivity contribution is -0.159. The van der Waals surface area contributed by atoms with E-state index in [0.717, 1.165) is 12.8 Å². The molecule has 26 heavy (non-hydrogen) atoms. The maximum Gasteiger partial charge on any atom is 0.310 e. The van der Waals surface area contributed by atoms with Crippen LogP contribution in [0.5, 0.6) is 0 Å². The molecule has 1 aliphatic carbocycles. The van der Waals surface area contributed by atoms with Crippen molar-refractivity contribution in [3.63, 3.8) is 0 Å². The number of nitrogens with one attached hydrogen (secondary N) is 1. The molecule has 134 valence electrons.